The van der Waals surface area contributed by atoms with Crippen LogP contribution in [0.2, 0.25) is 0 Å². The Hall–Kier alpha value is -1.10. The van der Waals surface area contributed by atoms with Gasteiger partial charge in [0.15, 0.2) is 0 Å². The van der Waals surface area contributed by atoms with Gasteiger partial charge in [-0.05, 0) is 44.6 Å². The molecule has 3 fully saturated rings. The second-order valence-electron chi connectivity index (χ2n) is 8.48. The van der Waals surface area contributed by atoms with E-state index >= 15 is 0 Å². The molecule has 2 saturated heterocycles. The van der Waals surface area contributed by atoms with Gasteiger partial charge in [0, 0.05) is 38.0 Å². The van der Waals surface area contributed by atoms with E-state index in [1.807, 2.05) is 4.90 Å². The van der Waals surface area contributed by atoms with Gasteiger partial charge in [-0.25, -0.2) is 0 Å². The summed E-state index contributed by atoms with van der Waals surface area (Å²) in [5.41, 5.74) is 0.299. The third-order valence-corrected chi connectivity index (χ3v) is 6.54. The topological polar surface area (TPSA) is 49.9 Å². The molecule has 25 heavy (non-hydrogen) atoms. The number of likely N-dealkylation sites (tertiary alicyclic amines) is 2. The average Bonchev–Trinajstić information content (AvgIpc) is 3.03. The quantitative estimate of drug-likeness (QED) is 0.716. The first-order valence-corrected chi connectivity index (χ1v) is 10.2. The second kappa shape index (κ2) is 8.52. The molecule has 0 aromatic rings. The Kier molecular flexibility index (Phi) is 6.37. The van der Waals surface area contributed by atoms with E-state index in [9.17, 15) is 9.59 Å². The molecule has 142 valence electrons. The number of methoxy groups -OCH3 is 1. The first kappa shape index (κ1) is 18.7. The van der Waals surface area contributed by atoms with Crippen molar-refractivity contribution in [2.24, 2.45) is 11.3 Å². The Bertz CT molecular complexity index is 476. The highest BCUT2D eigenvalue weighted by molar-refractivity contribution is 5.81. The van der Waals surface area contributed by atoms with Crippen LogP contribution in [-0.4, -0.2) is 61.5 Å². The Morgan fingerprint density at radius 3 is 2.56 bits per heavy atom. The van der Waals surface area contributed by atoms with Crippen molar-refractivity contribution in [3.05, 3.63) is 0 Å². The molecule has 0 radical (unpaired) electrons. The number of ether oxygens (including phenoxy) is 1. The van der Waals surface area contributed by atoms with Crippen LogP contribution in [0.25, 0.3) is 0 Å². The van der Waals surface area contributed by atoms with Gasteiger partial charge in [0.25, 0.3) is 0 Å². The van der Waals surface area contributed by atoms with Crippen molar-refractivity contribution in [2.45, 2.75) is 64.2 Å². The van der Waals surface area contributed by atoms with Crippen molar-refractivity contribution in [1.82, 2.24) is 9.80 Å². The van der Waals surface area contributed by atoms with Crippen molar-refractivity contribution >= 4 is 11.9 Å². The smallest absolute Gasteiger partial charge is 0.306 e. The van der Waals surface area contributed by atoms with Crippen LogP contribution in [0.3, 0.4) is 0 Å². The number of hydrogen-bond donors (Lipinski definition) is 0. The largest absolute Gasteiger partial charge is 0.469 e. The number of carbonyl (C=O) groups excluding carboxylic acids is 2. The summed E-state index contributed by atoms with van der Waals surface area (Å²) in [6.07, 6.45) is 11.2. The minimum absolute atomic E-state index is 0.117. The Morgan fingerprint density at radius 2 is 1.80 bits per heavy atom. The van der Waals surface area contributed by atoms with Crippen LogP contribution >= 0.6 is 0 Å². The number of nitrogens with zero attached hydrogens (tertiary/aromatic N) is 2. The molecule has 1 saturated carbocycles. The molecule has 1 aliphatic carbocycles. The summed E-state index contributed by atoms with van der Waals surface area (Å²) in [4.78, 5) is 28.3. The summed E-state index contributed by atoms with van der Waals surface area (Å²) in [6, 6.07) is 0. The molecule has 5 nitrogen and oxygen atoms in total. The highest BCUT2D eigenvalue weighted by atomic mass is 16.5. The van der Waals surface area contributed by atoms with Gasteiger partial charge in [0.1, 0.15) is 0 Å². The molecule has 1 amide bonds. The van der Waals surface area contributed by atoms with Crippen LogP contribution in [0.1, 0.15) is 64.2 Å². The lowest BCUT2D eigenvalue weighted by Crippen LogP contribution is -2.47. The fourth-order valence-electron chi connectivity index (χ4n) is 5.15. The summed E-state index contributed by atoms with van der Waals surface area (Å²) in [7, 11) is 1.38. The summed E-state index contributed by atoms with van der Waals surface area (Å²) in [5, 5.41) is 0. The molecule has 0 bridgehead atoms. The third-order valence-electron chi connectivity index (χ3n) is 6.54. The standard InChI is InChI=1S/C20H34N2O3/c1-25-19(24)9-8-18(23)22-13-11-20(16-22)10-5-12-21(15-20)14-17-6-3-2-4-7-17/h17H,2-16H2,1H3. The number of piperidine rings is 1. The van der Waals surface area contributed by atoms with Crippen molar-refractivity contribution in [1.29, 1.82) is 0 Å². The van der Waals surface area contributed by atoms with Crippen LogP contribution in [0.5, 0.6) is 0 Å². The van der Waals surface area contributed by atoms with Gasteiger partial charge >= 0.3 is 5.97 Å². The fourth-order valence-corrected chi connectivity index (χ4v) is 5.15. The summed E-state index contributed by atoms with van der Waals surface area (Å²) in [5.74, 6) is 0.716. The number of rotatable bonds is 5. The highest BCUT2D eigenvalue weighted by Crippen LogP contribution is 2.40. The van der Waals surface area contributed by atoms with Gasteiger partial charge in [-0.1, -0.05) is 19.3 Å². The highest BCUT2D eigenvalue weighted by Gasteiger charge is 2.42. The first-order valence-electron chi connectivity index (χ1n) is 10.2. The van der Waals surface area contributed by atoms with E-state index in [0.717, 1.165) is 32.0 Å². The second-order valence-corrected chi connectivity index (χ2v) is 8.48. The maximum absolute atomic E-state index is 12.4. The minimum Gasteiger partial charge on any atom is -0.469 e. The number of esters is 1. The molecule has 0 aromatic heterocycles. The lowest BCUT2D eigenvalue weighted by Gasteiger charge is -2.42. The molecule has 1 unspecified atom stereocenters. The van der Waals surface area contributed by atoms with Gasteiger partial charge in [-0.3, -0.25) is 9.59 Å². The number of hydrogen-bond acceptors (Lipinski definition) is 4. The summed E-state index contributed by atoms with van der Waals surface area (Å²) >= 11 is 0. The normalized spacial score (nSPS) is 28.4. The SMILES string of the molecule is COC(=O)CCC(=O)N1CCC2(CCCN(CC3CCCCC3)C2)C1. The van der Waals surface area contributed by atoms with Crippen LogP contribution in [0, 0.1) is 11.3 Å². The Balaban J connectivity index is 1.48. The molecule has 3 rings (SSSR count). The van der Waals surface area contributed by atoms with Crippen molar-refractivity contribution < 1.29 is 14.3 Å². The van der Waals surface area contributed by atoms with E-state index in [1.165, 1.54) is 65.1 Å². The van der Waals surface area contributed by atoms with E-state index < -0.39 is 0 Å². The van der Waals surface area contributed by atoms with E-state index in [-0.39, 0.29) is 24.7 Å². The predicted molar refractivity (Wildman–Crippen MR) is 97.1 cm³/mol. The predicted octanol–water partition coefficient (Wildman–Crippen LogP) is 2.83. The zero-order valence-electron chi connectivity index (χ0n) is 15.8. The maximum atomic E-state index is 12.4. The molecule has 1 atom stereocenters. The molecule has 1 spiro atoms. The van der Waals surface area contributed by atoms with Gasteiger partial charge in [-0.2, -0.15) is 0 Å². The molecule has 0 aromatic carbocycles. The molecule has 0 N–H and O–H groups in total. The van der Waals surface area contributed by atoms with E-state index in [1.54, 1.807) is 0 Å². The molecule has 2 heterocycles. The monoisotopic (exact) mass is 350 g/mol. The zero-order chi connectivity index (χ0) is 17.7. The van der Waals surface area contributed by atoms with E-state index in [2.05, 4.69) is 9.64 Å². The molecule has 5 heteroatoms. The first-order chi connectivity index (χ1) is 12.1. The van der Waals surface area contributed by atoms with Gasteiger partial charge in [-0.15, -0.1) is 0 Å². The molecular formula is C20H34N2O3. The maximum Gasteiger partial charge on any atom is 0.306 e. The molecule has 2 aliphatic heterocycles. The molecular weight excluding hydrogens is 316 g/mol. The van der Waals surface area contributed by atoms with Gasteiger partial charge < -0.3 is 14.5 Å². The summed E-state index contributed by atoms with van der Waals surface area (Å²) < 4.78 is 4.64. The third kappa shape index (κ3) is 4.96. The molecule has 3 aliphatic rings. The summed E-state index contributed by atoms with van der Waals surface area (Å²) in [6.45, 7) is 5.39. The van der Waals surface area contributed by atoms with Crippen LogP contribution in [-0.2, 0) is 14.3 Å². The van der Waals surface area contributed by atoms with Gasteiger partial charge in [0.2, 0.25) is 5.91 Å². The Labute approximate surface area is 152 Å². The van der Waals surface area contributed by atoms with E-state index in [4.69, 9.17) is 0 Å². The minimum atomic E-state index is -0.293. The fraction of sp³-hybridized carbons (Fsp3) is 0.900. The van der Waals surface area contributed by atoms with Crippen molar-refractivity contribution in [3.8, 4) is 0 Å². The van der Waals surface area contributed by atoms with Crippen LogP contribution in [0.4, 0.5) is 0 Å². The Morgan fingerprint density at radius 1 is 1.00 bits per heavy atom. The van der Waals surface area contributed by atoms with Crippen LogP contribution < -0.4 is 0 Å². The van der Waals surface area contributed by atoms with Crippen molar-refractivity contribution in [2.75, 3.05) is 39.8 Å². The lowest BCUT2D eigenvalue weighted by molar-refractivity contribution is -0.143. The van der Waals surface area contributed by atoms with Gasteiger partial charge in [0.05, 0.1) is 13.5 Å². The average molecular weight is 351 g/mol. The number of carbonyl (C=O) groups is 2. The van der Waals surface area contributed by atoms with Crippen molar-refractivity contribution in [3.63, 3.8) is 0 Å². The zero-order valence-corrected chi connectivity index (χ0v) is 15.8. The van der Waals surface area contributed by atoms with E-state index in [0.29, 0.717) is 5.41 Å². The van der Waals surface area contributed by atoms with Crippen LogP contribution in [0.15, 0.2) is 0 Å². The lowest BCUT2D eigenvalue weighted by atomic mass is 9.78. The number of amides is 1.